The Hall–Kier alpha value is -0.620. The number of hydrogen-bond acceptors (Lipinski definition) is 4. The molecule has 1 atom stereocenters. The standard InChI is InChI=1S/C16H23Cl2N2O4P/c17-7-9-19(10-8-18)25(22,20-11-12-20)24-13-6-16(21)23-14-15-4-2-1-3-5-15/h1-5H,6-14H2. The van der Waals surface area contributed by atoms with Gasteiger partial charge in [-0.15, -0.1) is 23.2 Å². The molecule has 140 valence electrons. The van der Waals surface area contributed by atoms with Crippen LogP contribution in [0.1, 0.15) is 12.0 Å². The normalized spacial score (nSPS) is 16.6. The average molecular weight is 409 g/mol. The summed E-state index contributed by atoms with van der Waals surface area (Å²) in [5.41, 5.74) is 0.918. The van der Waals surface area contributed by atoms with Gasteiger partial charge in [0, 0.05) is 37.9 Å². The summed E-state index contributed by atoms with van der Waals surface area (Å²) < 4.78 is 27.4. The van der Waals surface area contributed by atoms with E-state index in [0.717, 1.165) is 5.56 Å². The van der Waals surface area contributed by atoms with E-state index in [1.807, 2.05) is 30.3 Å². The number of benzene rings is 1. The Balaban J connectivity index is 1.80. The molecule has 1 heterocycles. The largest absolute Gasteiger partial charge is 0.461 e. The van der Waals surface area contributed by atoms with Crippen molar-refractivity contribution in [3.05, 3.63) is 35.9 Å². The molecule has 0 aliphatic carbocycles. The van der Waals surface area contributed by atoms with Crippen LogP contribution in [-0.2, 0) is 25.2 Å². The first-order valence-corrected chi connectivity index (χ1v) is 10.8. The van der Waals surface area contributed by atoms with Gasteiger partial charge in [0.05, 0.1) is 13.0 Å². The van der Waals surface area contributed by atoms with Gasteiger partial charge in [-0.2, -0.15) is 0 Å². The number of alkyl halides is 2. The molecule has 1 aromatic rings. The molecule has 0 amide bonds. The Bertz CT molecular complexity index is 581. The Labute approximate surface area is 158 Å². The minimum absolute atomic E-state index is 0.0302. The number of nitrogens with zero attached hydrogens (tertiary/aromatic N) is 2. The first kappa shape index (κ1) is 20.7. The molecule has 1 unspecified atom stereocenters. The molecule has 0 radical (unpaired) electrons. The van der Waals surface area contributed by atoms with Gasteiger partial charge in [-0.25, -0.2) is 9.34 Å². The lowest BCUT2D eigenvalue weighted by molar-refractivity contribution is -0.145. The number of carbonyl (C=O) groups is 1. The smallest absolute Gasteiger partial charge is 0.346 e. The SMILES string of the molecule is O=C(CCOP(=O)(N(CCCl)CCCl)N1CC1)OCc1ccccc1. The number of hydrogen-bond donors (Lipinski definition) is 0. The second-order valence-corrected chi connectivity index (χ2v) is 8.63. The summed E-state index contributed by atoms with van der Waals surface area (Å²) in [6.45, 7) is 2.49. The summed E-state index contributed by atoms with van der Waals surface area (Å²) in [5.74, 6) is 0.274. The number of esters is 1. The Morgan fingerprint density at radius 1 is 1.16 bits per heavy atom. The monoisotopic (exact) mass is 408 g/mol. The van der Waals surface area contributed by atoms with Crippen LogP contribution in [0, 0.1) is 0 Å². The maximum absolute atomic E-state index is 13.2. The van der Waals surface area contributed by atoms with E-state index in [9.17, 15) is 9.36 Å². The lowest BCUT2D eigenvalue weighted by Gasteiger charge is -2.30. The molecule has 1 aromatic carbocycles. The van der Waals surface area contributed by atoms with Crippen LogP contribution in [0.2, 0.25) is 0 Å². The molecular weight excluding hydrogens is 386 g/mol. The van der Waals surface area contributed by atoms with E-state index in [1.54, 1.807) is 9.34 Å². The van der Waals surface area contributed by atoms with E-state index >= 15 is 0 Å². The van der Waals surface area contributed by atoms with Crippen molar-refractivity contribution >= 4 is 36.8 Å². The van der Waals surface area contributed by atoms with Crippen molar-refractivity contribution in [3.8, 4) is 0 Å². The predicted molar refractivity (Wildman–Crippen MR) is 99.0 cm³/mol. The third-order valence-corrected chi connectivity index (χ3v) is 6.72. The van der Waals surface area contributed by atoms with Gasteiger partial charge in [0.1, 0.15) is 6.61 Å². The highest BCUT2D eigenvalue weighted by Gasteiger charge is 2.44. The second-order valence-electron chi connectivity index (χ2n) is 5.51. The maximum atomic E-state index is 13.2. The van der Waals surface area contributed by atoms with Gasteiger partial charge in [0.15, 0.2) is 0 Å². The molecule has 1 saturated heterocycles. The van der Waals surface area contributed by atoms with Gasteiger partial charge < -0.3 is 9.26 Å². The number of rotatable bonds is 12. The van der Waals surface area contributed by atoms with E-state index < -0.39 is 7.67 Å². The van der Waals surface area contributed by atoms with Crippen LogP contribution in [0.3, 0.4) is 0 Å². The number of halogens is 2. The highest BCUT2D eigenvalue weighted by molar-refractivity contribution is 7.54. The molecule has 9 heteroatoms. The zero-order valence-corrected chi connectivity index (χ0v) is 16.4. The molecule has 0 saturated carbocycles. The highest BCUT2D eigenvalue weighted by Crippen LogP contribution is 2.57. The molecule has 6 nitrogen and oxygen atoms in total. The summed E-state index contributed by atoms with van der Waals surface area (Å²) >= 11 is 11.6. The first-order valence-electron chi connectivity index (χ1n) is 8.17. The lowest BCUT2D eigenvalue weighted by Crippen LogP contribution is -2.29. The van der Waals surface area contributed by atoms with Crippen LogP contribution in [0.4, 0.5) is 0 Å². The topological polar surface area (TPSA) is 58.9 Å². The van der Waals surface area contributed by atoms with Gasteiger partial charge in [0.25, 0.3) is 0 Å². The van der Waals surface area contributed by atoms with E-state index in [4.69, 9.17) is 32.5 Å². The van der Waals surface area contributed by atoms with Crippen LogP contribution < -0.4 is 0 Å². The van der Waals surface area contributed by atoms with Gasteiger partial charge in [-0.05, 0) is 5.56 Å². The molecule has 2 rings (SSSR count). The number of ether oxygens (including phenoxy) is 1. The minimum Gasteiger partial charge on any atom is -0.461 e. The van der Waals surface area contributed by atoms with Crippen molar-refractivity contribution in [1.29, 1.82) is 0 Å². The first-order chi connectivity index (χ1) is 12.1. The van der Waals surface area contributed by atoms with Crippen LogP contribution in [0.25, 0.3) is 0 Å². The van der Waals surface area contributed by atoms with Crippen molar-refractivity contribution in [2.24, 2.45) is 0 Å². The van der Waals surface area contributed by atoms with E-state index in [-0.39, 0.29) is 25.6 Å². The van der Waals surface area contributed by atoms with Gasteiger partial charge in [0.2, 0.25) is 0 Å². The molecule has 0 N–H and O–H groups in total. The zero-order chi connectivity index (χ0) is 18.1. The molecule has 1 aliphatic rings. The maximum Gasteiger partial charge on any atom is 0.346 e. The van der Waals surface area contributed by atoms with Gasteiger partial charge in [-0.3, -0.25) is 9.36 Å². The quantitative estimate of drug-likeness (QED) is 0.229. The lowest BCUT2D eigenvalue weighted by atomic mass is 10.2. The fourth-order valence-corrected chi connectivity index (χ4v) is 5.22. The molecule has 0 spiro atoms. The van der Waals surface area contributed by atoms with Crippen LogP contribution in [-0.4, -0.2) is 59.9 Å². The van der Waals surface area contributed by atoms with Crippen molar-refractivity contribution in [1.82, 2.24) is 9.34 Å². The molecule has 0 bridgehead atoms. The fraction of sp³-hybridized carbons (Fsp3) is 0.562. The Morgan fingerprint density at radius 2 is 1.80 bits per heavy atom. The molecular formula is C16H23Cl2N2O4P. The minimum atomic E-state index is -3.17. The number of carbonyl (C=O) groups excluding carboxylic acids is 1. The van der Waals surface area contributed by atoms with E-state index in [2.05, 4.69) is 0 Å². The predicted octanol–water partition coefficient (Wildman–Crippen LogP) is 3.34. The molecule has 25 heavy (non-hydrogen) atoms. The third kappa shape index (κ3) is 6.55. The second kappa shape index (κ2) is 10.5. The average Bonchev–Trinajstić information content (AvgIpc) is 3.46. The summed E-state index contributed by atoms with van der Waals surface area (Å²) in [7, 11) is -3.17. The summed E-state index contributed by atoms with van der Waals surface area (Å²) in [6.07, 6.45) is 0.0419. The Kier molecular flexibility index (Phi) is 8.70. The highest BCUT2D eigenvalue weighted by atomic mass is 35.5. The van der Waals surface area contributed by atoms with Crippen molar-refractivity contribution < 1.29 is 18.6 Å². The van der Waals surface area contributed by atoms with Gasteiger partial charge >= 0.3 is 13.6 Å². The van der Waals surface area contributed by atoms with E-state index in [1.165, 1.54) is 0 Å². The van der Waals surface area contributed by atoms with Crippen molar-refractivity contribution in [2.45, 2.75) is 13.0 Å². The van der Waals surface area contributed by atoms with Gasteiger partial charge in [-0.1, -0.05) is 30.3 Å². The summed E-state index contributed by atoms with van der Waals surface area (Å²) in [4.78, 5) is 11.8. The third-order valence-electron chi connectivity index (χ3n) is 3.63. The summed E-state index contributed by atoms with van der Waals surface area (Å²) in [5, 5.41) is 0. The van der Waals surface area contributed by atoms with Crippen LogP contribution in [0.15, 0.2) is 30.3 Å². The summed E-state index contributed by atoms with van der Waals surface area (Å²) in [6, 6.07) is 9.43. The van der Waals surface area contributed by atoms with Crippen LogP contribution >= 0.6 is 30.9 Å². The van der Waals surface area contributed by atoms with Crippen molar-refractivity contribution in [3.63, 3.8) is 0 Å². The Morgan fingerprint density at radius 3 is 2.36 bits per heavy atom. The fourth-order valence-electron chi connectivity index (χ4n) is 2.26. The molecule has 1 fully saturated rings. The molecule has 0 aromatic heterocycles. The zero-order valence-electron chi connectivity index (χ0n) is 14.0. The van der Waals surface area contributed by atoms with Crippen molar-refractivity contribution in [2.75, 3.05) is 44.5 Å². The molecule has 1 aliphatic heterocycles. The van der Waals surface area contributed by atoms with Crippen LogP contribution in [0.5, 0.6) is 0 Å². The van der Waals surface area contributed by atoms with E-state index in [0.29, 0.717) is 37.9 Å².